The Labute approximate surface area is 178 Å². The third-order valence-corrected chi connectivity index (χ3v) is 6.21. The SMILES string of the molecule is CC(=O)NC(C(=O)O)C1(O)CCN(CCCCCc2ccc3c(n2)NCCC3)CC1. The molecule has 0 aliphatic carbocycles. The van der Waals surface area contributed by atoms with E-state index in [-0.39, 0.29) is 0 Å². The number of amides is 1. The topological polar surface area (TPSA) is 115 Å². The van der Waals surface area contributed by atoms with Crippen molar-refractivity contribution in [3.63, 3.8) is 0 Å². The third kappa shape index (κ3) is 5.92. The molecule has 8 nitrogen and oxygen atoms in total. The molecule has 0 bridgehead atoms. The van der Waals surface area contributed by atoms with Gasteiger partial charge in [-0.2, -0.15) is 0 Å². The number of likely N-dealkylation sites (tertiary alicyclic amines) is 1. The highest BCUT2D eigenvalue weighted by molar-refractivity contribution is 5.83. The van der Waals surface area contributed by atoms with Crippen LogP contribution in [0.3, 0.4) is 0 Å². The van der Waals surface area contributed by atoms with Crippen LogP contribution in [0.1, 0.15) is 56.7 Å². The van der Waals surface area contributed by atoms with Gasteiger partial charge in [-0.15, -0.1) is 0 Å². The van der Waals surface area contributed by atoms with E-state index in [2.05, 4.69) is 27.7 Å². The number of nitrogens with one attached hydrogen (secondary N) is 2. The molecule has 2 aliphatic rings. The third-order valence-electron chi connectivity index (χ3n) is 6.21. The lowest BCUT2D eigenvalue weighted by atomic mass is 9.84. The van der Waals surface area contributed by atoms with Gasteiger partial charge in [0.25, 0.3) is 0 Å². The Bertz CT molecular complexity index is 747. The smallest absolute Gasteiger partial charge is 0.329 e. The van der Waals surface area contributed by atoms with Gasteiger partial charge in [-0.05, 0) is 63.1 Å². The van der Waals surface area contributed by atoms with E-state index >= 15 is 0 Å². The molecule has 0 saturated carbocycles. The summed E-state index contributed by atoms with van der Waals surface area (Å²) >= 11 is 0. The van der Waals surface area contributed by atoms with E-state index < -0.39 is 23.5 Å². The lowest BCUT2D eigenvalue weighted by molar-refractivity contribution is -0.153. The highest BCUT2D eigenvalue weighted by atomic mass is 16.4. The van der Waals surface area contributed by atoms with Crippen molar-refractivity contribution in [2.24, 2.45) is 0 Å². The highest BCUT2D eigenvalue weighted by Crippen LogP contribution is 2.26. The summed E-state index contributed by atoms with van der Waals surface area (Å²) in [5.41, 5.74) is 1.07. The van der Waals surface area contributed by atoms with Crippen LogP contribution in [-0.2, 0) is 22.4 Å². The van der Waals surface area contributed by atoms with Crippen LogP contribution in [0.2, 0.25) is 0 Å². The maximum absolute atomic E-state index is 11.5. The molecular weight excluding hydrogens is 384 g/mol. The number of hydrogen-bond acceptors (Lipinski definition) is 6. The minimum Gasteiger partial charge on any atom is -0.480 e. The Morgan fingerprint density at radius 2 is 2.03 bits per heavy atom. The maximum Gasteiger partial charge on any atom is 0.329 e. The zero-order valence-corrected chi connectivity index (χ0v) is 17.8. The summed E-state index contributed by atoms with van der Waals surface area (Å²) in [5, 5.41) is 25.9. The first-order valence-corrected chi connectivity index (χ1v) is 11.0. The van der Waals surface area contributed by atoms with Crippen LogP contribution in [0, 0.1) is 0 Å². The monoisotopic (exact) mass is 418 g/mol. The second-order valence-corrected chi connectivity index (χ2v) is 8.57. The first kappa shape index (κ1) is 22.5. The lowest BCUT2D eigenvalue weighted by Crippen LogP contribution is -2.60. The predicted octanol–water partition coefficient (Wildman–Crippen LogP) is 1.57. The summed E-state index contributed by atoms with van der Waals surface area (Å²) in [5.74, 6) is -0.576. The number of aryl methyl sites for hydroxylation is 2. The normalized spacial score (nSPS) is 19.4. The molecule has 8 heteroatoms. The number of aliphatic hydroxyl groups is 1. The molecule has 1 atom stereocenters. The molecule has 1 aromatic rings. The fourth-order valence-corrected chi connectivity index (χ4v) is 4.41. The molecule has 166 valence electrons. The van der Waals surface area contributed by atoms with Crippen molar-refractivity contribution in [3.8, 4) is 0 Å². The summed E-state index contributed by atoms with van der Waals surface area (Å²) in [6, 6.07) is 3.09. The fraction of sp³-hybridized carbons (Fsp3) is 0.682. The Balaban J connectivity index is 1.36. The largest absolute Gasteiger partial charge is 0.480 e. The molecule has 4 N–H and O–H groups in total. The van der Waals surface area contributed by atoms with E-state index in [1.807, 2.05) is 0 Å². The number of aromatic nitrogens is 1. The van der Waals surface area contributed by atoms with Crippen molar-refractivity contribution < 1.29 is 19.8 Å². The zero-order chi connectivity index (χ0) is 21.6. The van der Waals surface area contributed by atoms with Crippen LogP contribution in [0.25, 0.3) is 0 Å². The van der Waals surface area contributed by atoms with Gasteiger partial charge in [0, 0.05) is 32.3 Å². The van der Waals surface area contributed by atoms with Gasteiger partial charge in [-0.25, -0.2) is 9.78 Å². The maximum atomic E-state index is 11.5. The molecule has 1 saturated heterocycles. The Morgan fingerprint density at radius 1 is 1.27 bits per heavy atom. The minimum absolute atomic E-state index is 0.344. The van der Waals surface area contributed by atoms with Crippen LogP contribution in [0.5, 0.6) is 0 Å². The Kier molecular flexibility index (Phi) is 7.66. The molecule has 1 aromatic heterocycles. The van der Waals surface area contributed by atoms with Crippen molar-refractivity contribution in [1.82, 2.24) is 15.2 Å². The number of piperidine rings is 1. The number of aliphatic carboxylic acids is 1. The van der Waals surface area contributed by atoms with Crippen molar-refractivity contribution >= 4 is 17.7 Å². The van der Waals surface area contributed by atoms with Gasteiger partial charge in [0.1, 0.15) is 5.82 Å². The van der Waals surface area contributed by atoms with E-state index in [1.54, 1.807) is 0 Å². The number of unbranched alkanes of at least 4 members (excludes halogenated alkanes) is 2. The number of fused-ring (bicyclic) bond motifs is 1. The molecule has 30 heavy (non-hydrogen) atoms. The first-order valence-electron chi connectivity index (χ1n) is 11.0. The number of nitrogens with zero attached hydrogens (tertiary/aromatic N) is 2. The molecule has 3 rings (SSSR count). The second kappa shape index (κ2) is 10.2. The van der Waals surface area contributed by atoms with E-state index in [4.69, 9.17) is 4.98 Å². The van der Waals surface area contributed by atoms with Crippen LogP contribution in [-0.4, -0.2) is 69.8 Å². The average molecular weight is 419 g/mol. The number of anilines is 1. The quantitative estimate of drug-likeness (QED) is 0.450. The number of carbonyl (C=O) groups is 2. The van der Waals surface area contributed by atoms with Gasteiger partial charge < -0.3 is 25.7 Å². The van der Waals surface area contributed by atoms with Crippen molar-refractivity contribution in [2.75, 3.05) is 31.5 Å². The van der Waals surface area contributed by atoms with Crippen molar-refractivity contribution in [2.45, 2.75) is 69.9 Å². The molecule has 1 fully saturated rings. The summed E-state index contributed by atoms with van der Waals surface area (Å²) < 4.78 is 0. The molecule has 2 aliphatic heterocycles. The summed E-state index contributed by atoms with van der Waals surface area (Å²) in [7, 11) is 0. The van der Waals surface area contributed by atoms with E-state index in [1.165, 1.54) is 18.9 Å². The standard InChI is InChI=1S/C22H34N4O4/c1-16(27)24-19(21(28)29)22(30)10-14-26(15-11-22)13-4-2-3-7-18-9-8-17-6-5-12-23-20(17)25-18/h8-9,19,30H,2-7,10-15H2,1H3,(H,23,25)(H,24,27)(H,28,29). The first-order chi connectivity index (χ1) is 14.4. The van der Waals surface area contributed by atoms with Crippen LogP contribution < -0.4 is 10.6 Å². The fourth-order valence-electron chi connectivity index (χ4n) is 4.41. The number of hydrogen-bond donors (Lipinski definition) is 4. The summed E-state index contributed by atoms with van der Waals surface area (Å²) in [6.07, 6.45) is 7.21. The van der Waals surface area contributed by atoms with Gasteiger partial charge in [-0.3, -0.25) is 4.79 Å². The van der Waals surface area contributed by atoms with Gasteiger partial charge in [0.05, 0.1) is 5.60 Å². The molecular formula is C22H34N4O4. The minimum atomic E-state index is -1.39. The van der Waals surface area contributed by atoms with E-state index in [0.717, 1.165) is 56.7 Å². The molecule has 3 heterocycles. The zero-order valence-electron chi connectivity index (χ0n) is 17.8. The van der Waals surface area contributed by atoms with Crippen molar-refractivity contribution in [1.29, 1.82) is 0 Å². The molecule has 1 amide bonds. The molecule has 0 aromatic carbocycles. The lowest BCUT2D eigenvalue weighted by Gasteiger charge is -2.41. The number of carboxylic acids is 1. The molecule has 0 radical (unpaired) electrons. The second-order valence-electron chi connectivity index (χ2n) is 8.57. The predicted molar refractivity (Wildman–Crippen MR) is 114 cm³/mol. The van der Waals surface area contributed by atoms with E-state index in [0.29, 0.717) is 25.9 Å². The Hall–Kier alpha value is -2.19. The summed E-state index contributed by atoms with van der Waals surface area (Å²) in [4.78, 5) is 29.8. The number of rotatable bonds is 9. The molecule has 1 unspecified atom stereocenters. The van der Waals surface area contributed by atoms with Crippen LogP contribution >= 0.6 is 0 Å². The number of pyridine rings is 1. The van der Waals surface area contributed by atoms with Gasteiger partial charge in [0.2, 0.25) is 5.91 Å². The van der Waals surface area contributed by atoms with Crippen molar-refractivity contribution in [3.05, 3.63) is 23.4 Å². The van der Waals surface area contributed by atoms with Gasteiger partial charge in [0.15, 0.2) is 6.04 Å². The Morgan fingerprint density at radius 3 is 2.73 bits per heavy atom. The molecule has 0 spiro atoms. The summed E-state index contributed by atoms with van der Waals surface area (Å²) in [6.45, 7) is 4.49. The van der Waals surface area contributed by atoms with E-state index in [9.17, 15) is 19.8 Å². The van der Waals surface area contributed by atoms with Crippen LogP contribution in [0.15, 0.2) is 12.1 Å². The average Bonchev–Trinajstić information content (AvgIpc) is 2.73. The number of carboxylic acid groups (broad SMARTS) is 1. The number of carbonyl (C=O) groups excluding carboxylic acids is 1. The van der Waals surface area contributed by atoms with Gasteiger partial charge in [-0.1, -0.05) is 12.5 Å². The highest BCUT2D eigenvalue weighted by Gasteiger charge is 2.44. The van der Waals surface area contributed by atoms with Gasteiger partial charge >= 0.3 is 5.97 Å². The van der Waals surface area contributed by atoms with Crippen LogP contribution in [0.4, 0.5) is 5.82 Å².